The second kappa shape index (κ2) is 4.56. The molecule has 0 saturated heterocycles. The van der Waals surface area contributed by atoms with Crippen LogP contribution in [0.1, 0.15) is 17.0 Å². The number of carboxylic acids is 1. The zero-order chi connectivity index (χ0) is 13.3. The molecule has 18 heavy (non-hydrogen) atoms. The van der Waals surface area contributed by atoms with E-state index in [-0.39, 0.29) is 12.2 Å². The third-order valence-corrected chi connectivity index (χ3v) is 2.69. The normalized spacial score (nSPS) is 10.6. The first kappa shape index (κ1) is 12.2. The fourth-order valence-corrected chi connectivity index (χ4v) is 1.67. The summed E-state index contributed by atoms with van der Waals surface area (Å²) in [5, 5.41) is 16.4. The van der Waals surface area contributed by atoms with Gasteiger partial charge in [0.2, 0.25) is 0 Å². The van der Waals surface area contributed by atoms with Gasteiger partial charge in [-0.05, 0) is 37.6 Å². The van der Waals surface area contributed by atoms with E-state index in [0.29, 0.717) is 22.6 Å². The summed E-state index contributed by atoms with van der Waals surface area (Å²) in [6.45, 7) is 3.39. The standard InChI is InChI=1S/C12H12FN3O2/c1-7-5-9(3-4-10(7)13)16-8(2)11(14-15-16)6-12(17)18/h3-5H,6H2,1-2H3,(H,17,18). The third-order valence-electron chi connectivity index (χ3n) is 2.69. The van der Waals surface area contributed by atoms with Crippen LogP contribution in [0.15, 0.2) is 18.2 Å². The molecule has 0 aliphatic carbocycles. The number of benzene rings is 1. The fourth-order valence-electron chi connectivity index (χ4n) is 1.67. The monoisotopic (exact) mass is 249 g/mol. The number of rotatable bonds is 3. The fraction of sp³-hybridized carbons (Fsp3) is 0.250. The van der Waals surface area contributed by atoms with Crippen LogP contribution in [0.25, 0.3) is 5.69 Å². The SMILES string of the molecule is Cc1cc(-n2nnc(CC(=O)O)c2C)ccc1F. The molecule has 2 rings (SSSR count). The van der Waals surface area contributed by atoms with Crippen molar-refractivity contribution in [1.82, 2.24) is 15.0 Å². The Morgan fingerprint density at radius 2 is 2.17 bits per heavy atom. The van der Waals surface area contributed by atoms with Crippen molar-refractivity contribution in [3.8, 4) is 5.69 Å². The molecule has 5 nitrogen and oxygen atoms in total. The Labute approximate surface area is 103 Å². The molecule has 0 bridgehead atoms. The largest absolute Gasteiger partial charge is 0.481 e. The molecule has 0 saturated carbocycles. The summed E-state index contributed by atoms with van der Waals surface area (Å²) in [6.07, 6.45) is -0.175. The van der Waals surface area contributed by atoms with Gasteiger partial charge in [0.25, 0.3) is 0 Å². The lowest BCUT2D eigenvalue weighted by atomic mass is 10.2. The molecule has 1 aromatic heterocycles. The Balaban J connectivity index is 2.42. The predicted octanol–water partition coefficient (Wildman–Crippen LogP) is 1.65. The van der Waals surface area contributed by atoms with Gasteiger partial charge in [-0.3, -0.25) is 4.79 Å². The van der Waals surface area contributed by atoms with Gasteiger partial charge in [0, 0.05) is 0 Å². The maximum Gasteiger partial charge on any atom is 0.309 e. The van der Waals surface area contributed by atoms with E-state index in [1.54, 1.807) is 26.0 Å². The minimum Gasteiger partial charge on any atom is -0.481 e. The lowest BCUT2D eigenvalue weighted by Gasteiger charge is -2.05. The van der Waals surface area contributed by atoms with Gasteiger partial charge in [-0.2, -0.15) is 0 Å². The summed E-state index contributed by atoms with van der Waals surface area (Å²) in [4.78, 5) is 10.6. The first-order valence-corrected chi connectivity index (χ1v) is 5.38. The van der Waals surface area contributed by atoms with Crippen LogP contribution in [0.3, 0.4) is 0 Å². The van der Waals surface area contributed by atoms with E-state index in [0.717, 1.165) is 0 Å². The van der Waals surface area contributed by atoms with Crippen molar-refractivity contribution in [3.63, 3.8) is 0 Å². The molecule has 0 radical (unpaired) electrons. The van der Waals surface area contributed by atoms with Crippen molar-refractivity contribution >= 4 is 5.97 Å². The number of aliphatic carboxylic acids is 1. The quantitative estimate of drug-likeness (QED) is 0.898. The molecule has 0 amide bonds. The summed E-state index contributed by atoms with van der Waals surface area (Å²) in [6, 6.07) is 4.57. The van der Waals surface area contributed by atoms with Crippen molar-refractivity contribution in [2.75, 3.05) is 0 Å². The van der Waals surface area contributed by atoms with Gasteiger partial charge in [0.15, 0.2) is 0 Å². The van der Waals surface area contributed by atoms with Gasteiger partial charge in [0.1, 0.15) is 5.82 Å². The Morgan fingerprint density at radius 1 is 1.44 bits per heavy atom. The summed E-state index contributed by atoms with van der Waals surface area (Å²) < 4.78 is 14.7. The minimum atomic E-state index is -0.958. The van der Waals surface area contributed by atoms with Gasteiger partial charge in [0.05, 0.1) is 23.5 Å². The zero-order valence-corrected chi connectivity index (χ0v) is 10.0. The average molecular weight is 249 g/mol. The Bertz CT molecular complexity index is 607. The van der Waals surface area contributed by atoms with Gasteiger partial charge >= 0.3 is 5.97 Å². The summed E-state index contributed by atoms with van der Waals surface area (Å²) in [5.74, 6) is -1.25. The molecule has 1 N–H and O–H groups in total. The second-order valence-electron chi connectivity index (χ2n) is 4.04. The second-order valence-corrected chi connectivity index (χ2v) is 4.04. The van der Waals surface area contributed by atoms with Crippen LogP contribution in [0.4, 0.5) is 4.39 Å². The maximum atomic E-state index is 13.2. The Morgan fingerprint density at radius 3 is 2.78 bits per heavy atom. The zero-order valence-electron chi connectivity index (χ0n) is 10.0. The van der Waals surface area contributed by atoms with E-state index in [1.165, 1.54) is 10.7 Å². The van der Waals surface area contributed by atoms with E-state index in [9.17, 15) is 9.18 Å². The highest BCUT2D eigenvalue weighted by Crippen LogP contribution is 2.16. The number of carbonyl (C=O) groups is 1. The number of hydrogen-bond acceptors (Lipinski definition) is 3. The van der Waals surface area contributed by atoms with Crippen molar-refractivity contribution < 1.29 is 14.3 Å². The molecule has 2 aromatic rings. The van der Waals surface area contributed by atoms with Crippen molar-refractivity contribution in [2.24, 2.45) is 0 Å². The lowest BCUT2D eigenvalue weighted by Crippen LogP contribution is -2.04. The minimum absolute atomic E-state index is 0.175. The van der Waals surface area contributed by atoms with Crippen LogP contribution in [-0.4, -0.2) is 26.1 Å². The van der Waals surface area contributed by atoms with Crippen molar-refractivity contribution in [3.05, 3.63) is 41.0 Å². The highest BCUT2D eigenvalue weighted by molar-refractivity contribution is 5.69. The van der Waals surface area contributed by atoms with E-state index < -0.39 is 5.97 Å². The molecular weight excluding hydrogens is 237 g/mol. The van der Waals surface area contributed by atoms with Crippen LogP contribution >= 0.6 is 0 Å². The predicted molar refractivity (Wildman–Crippen MR) is 62.1 cm³/mol. The highest BCUT2D eigenvalue weighted by atomic mass is 19.1. The van der Waals surface area contributed by atoms with E-state index in [2.05, 4.69) is 10.3 Å². The molecular formula is C12H12FN3O2. The summed E-state index contributed by atoms with van der Waals surface area (Å²) >= 11 is 0. The molecule has 0 aliphatic heterocycles. The number of aromatic nitrogens is 3. The first-order valence-electron chi connectivity index (χ1n) is 5.38. The topological polar surface area (TPSA) is 68.0 Å². The number of hydrogen-bond donors (Lipinski definition) is 1. The average Bonchev–Trinajstić information content (AvgIpc) is 2.64. The molecule has 0 aliphatic rings. The van der Waals surface area contributed by atoms with Crippen LogP contribution in [0.2, 0.25) is 0 Å². The van der Waals surface area contributed by atoms with Crippen LogP contribution < -0.4 is 0 Å². The van der Waals surface area contributed by atoms with E-state index in [4.69, 9.17) is 5.11 Å². The van der Waals surface area contributed by atoms with Gasteiger partial charge in [-0.25, -0.2) is 9.07 Å². The molecule has 6 heteroatoms. The smallest absolute Gasteiger partial charge is 0.309 e. The molecule has 1 aromatic carbocycles. The molecule has 0 fully saturated rings. The molecule has 0 unspecified atom stereocenters. The molecule has 0 spiro atoms. The van der Waals surface area contributed by atoms with Crippen LogP contribution in [-0.2, 0) is 11.2 Å². The lowest BCUT2D eigenvalue weighted by molar-refractivity contribution is -0.136. The van der Waals surface area contributed by atoms with E-state index >= 15 is 0 Å². The number of carboxylic acid groups (broad SMARTS) is 1. The highest BCUT2D eigenvalue weighted by Gasteiger charge is 2.13. The Hall–Kier alpha value is -2.24. The van der Waals surface area contributed by atoms with Gasteiger partial charge in [-0.1, -0.05) is 5.21 Å². The van der Waals surface area contributed by atoms with Gasteiger partial charge < -0.3 is 5.11 Å². The summed E-state index contributed by atoms with van der Waals surface area (Å²) in [7, 11) is 0. The third kappa shape index (κ3) is 2.22. The van der Waals surface area contributed by atoms with E-state index in [1.807, 2.05) is 0 Å². The van der Waals surface area contributed by atoms with Gasteiger partial charge in [-0.15, -0.1) is 5.10 Å². The van der Waals surface area contributed by atoms with Crippen molar-refractivity contribution in [2.45, 2.75) is 20.3 Å². The molecule has 94 valence electrons. The van der Waals surface area contributed by atoms with Crippen molar-refractivity contribution in [1.29, 1.82) is 0 Å². The van der Waals surface area contributed by atoms with Crippen LogP contribution in [0, 0.1) is 19.7 Å². The first-order chi connectivity index (χ1) is 8.49. The number of halogens is 1. The Kier molecular flexibility index (Phi) is 3.10. The molecule has 1 heterocycles. The maximum absolute atomic E-state index is 13.2. The summed E-state index contributed by atoms with van der Waals surface area (Å²) in [5.41, 5.74) is 2.21. The number of aryl methyl sites for hydroxylation is 1. The number of nitrogens with zero attached hydrogens (tertiary/aromatic N) is 3. The molecule has 0 atom stereocenters. The van der Waals surface area contributed by atoms with Crippen LogP contribution in [0.5, 0.6) is 0 Å².